The molecule has 4 aliphatic rings. The number of carbonyl (C=O) groups is 1. The van der Waals surface area contributed by atoms with Crippen molar-refractivity contribution < 1.29 is 9.63 Å². The SMILES string of the molecule is O=C(NCCc1ccncc1)C1=NO[C@H]2CCC3(CCN(CC4CCCC4)CC3)[C@@H]12. The third-order valence-corrected chi connectivity index (χ3v) is 8.06. The van der Waals surface area contributed by atoms with Crippen LogP contribution in [0.4, 0.5) is 0 Å². The van der Waals surface area contributed by atoms with Crippen molar-refractivity contribution in [1.29, 1.82) is 0 Å². The van der Waals surface area contributed by atoms with E-state index in [1.165, 1.54) is 57.1 Å². The normalized spacial score (nSPS) is 28.3. The van der Waals surface area contributed by atoms with Crippen molar-refractivity contribution in [2.24, 2.45) is 22.4 Å². The highest BCUT2D eigenvalue weighted by Gasteiger charge is 2.57. The molecule has 2 aliphatic carbocycles. The lowest BCUT2D eigenvalue weighted by Crippen LogP contribution is -2.48. The highest BCUT2D eigenvalue weighted by Crippen LogP contribution is 2.54. The molecule has 0 aromatic carbocycles. The molecule has 1 saturated heterocycles. The summed E-state index contributed by atoms with van der Waals surface area (Å²) in [5.74, 6) is 1.05. The molecule has 6 nitrogen and oxygen atoms in total. The third-order valence-electron chi connectivity index (χ3n) is 8.06. The van der Waals surface area contributed by atoms with Crippen LogP contribution < -0.4 is 5.32 Å². The molecule has 2 saturated carbocycles. The van der Waals surface area contributed by atoms with Crippen LogP contribution >= 0.6 is 0 Å². The number of hydrogen-bond acceptors (Lipinski definition) is 5. The van der Waals surface area contributed by atoms with Crippen LogP contribution in [-0.4, -0.2) is 53.8 Å². The molecule has 1 spiro atoms. The van der Waals surface area contributed by atoms with E-state index in [2.05, 4.69) is 20.4 Å². The summed E-state index contributed by atoms with van der Waals surface area (Å²) in [4.78, 5) is 25.4. The van der Waals surface area contributed by atoms with Crippen molar-refractivity contribution in [3.8, 4) is 0 Å². The maximum Gasteiger partial charge on any atom is 0.269 e. The van der Waals surface area contributed by atoms with Gasteiger partial charge in [0.05, 0.1) is 5.92 Å². The van der Waals surface area contributed by atoms with E-state index in [1.807, 2.05) is 12.1 Å². The Morgan fingerprint density at radius 1 is 1.13 bits per heavy atom. The molecule has 0 radical (unpaired) electrons. The largest absolute Gasteiger partial charge is 0.391 e. The van der Waals surface area contributed by atoms with Gasteiger partial charge >= 0.3 is 0 Å². The van der Waals surface area contributed by atoms with Gasteiger partial charge in [-0.25, -0.2) is 0 Å². The number of fused-ring (bicyclic) bond motifs is 2. The molecular formula is C24H34N4O2. The standard InChI is InChI=1S/C24H34N4O2/c29-23(26-14-8-18-6-12-25-13-7-18)22-21-20(30-27-22)5-9-24(21)10-15-28(16-11-24)17-19-3-1-2-4-19/h6-7,12-13,19-21H,1-5,8-11,14-17H2,(H,26,29)/t20-,21+/m0/s1. The number of likely N-dealkylation sites (tertiary alicyclic amines) is 1. The molecule has 1 aromatic rings. The number of carbonyl (C=O) groups excluding carboxylic acids is 1. The summed E-state index contributed by atoms with van der Waals surface area (Å²) >= 11 is 0. The van der Waals surface area contributed by atoms with E-state index in [1.54, 1.807) is 12.4 Å². The van der Waals surface area contributed by atoms with Crippen molar-refractivity contribution in [2.45, 2.75) is 63.9 Å². The lowest BCUT2D eigenvalue weighted by Gasteiger charge is -2.43. The van der Waals surface area contributed by atoms with Crippen LogP contribution in [0.25, 0.3) is 0 Å². The molecule has 6 heteroatoms. The van der Waals surface area contributed by atoms with Gasteiger partial charge in [-0.1, -0.05) is 18.0 Å². The summed E-state index contributed by atoms with van der Waals surface area (Å²) < 4.78 is 0. The van der Waals surface area contributed by atoms with Gasteiger partial charge in [-0.2, -0.15) is 0 Å². The van der Waals surface area contributed by atoms with Crippen molar-refractivity contribution >= 4 is 11.6 Å². The molecule has 1 aromatic heterocycles. The molecule has 3 fully saturated rings. The van der Waals surface area contributed by atoms with Crippen LogP contribution in [0.5, 0.6) is 0 Å². The van der Waals surface area contributed by atoms with Gasteiger partial charge in [0, 0.05) is 25.5 Å². The van der Waals surface area contributed by atoms with Crippen LogP contribution in [0, 0.1) is 17.3 Å². The topological polar surface area (TPSA) is 66.8 Å². The van der Waals surface area contributed by atoms with Gasteiger partial charge in [-0.05, 0) is 87.1 Å². The van der Waals surface area contributed by atoms with Gasteiger partial charge in [-0.15, -0.1) is 0 Å². The predicted molar refractivity (Wildman–Crippen MR) is 116 cm³/mol. The molecule has 1 amide bonds. The Morgan fingerprint density at radius 2 is 1.90 bits per heavy atom. The first-order valence-electron chi connectivity index (χ1n) is 11.9. The summed E-state index contributed by atoms with van der Waals surface area (Å²) in [5.41, 5.74) is 2.03. The minimum atomic E-state index is -0.0359. The van der Waals surface area contributed by atoms with E-state index in [-0.39, 0.29) is 23.3 Å². The monoisotopic (exact) mass is 410 g/mol. The van der Waals surface area contributed by atoms with Crippen LogP contribution in [-0.2, 0) is 16.1 Å². The molecule has 2 aliphatic heterocycles. The van der Waals surface area contributed by atoms with Crippen molar-refractivity contribution in [1.82, 2.24) is 15.2 Å². The van der Waals surface area contributed by atoms with Gasteiger partial charge in [0.15, 0.2) is 5.71 Å². The number of oxime groups is 1. The zero-order valence-corrected chi connectivity index (χ0v) is 17.9. The Labute approximate surface area is 179 Å². The molecule has 0 unspecified atom stereocenters. The van der Waals surface area contributed by atoms with Gasteiger partial charge in [-0.3, -0.25) is 9.78 Å². The first-order chi connectivity index (χ1) is 14.7. The van der Waals surface area contributed by atoms with E-state index in [0.29, 0.717) is 12.3 Å². The lowest BCUT2D eigenvalue weighted by atomic mass is 9.68. The average Bonchev–Trinajstić information content (AvgIpc) is 3.50. The van der Waals surface area contributed by atoms with E-state index in [0.717, 1.165) is 31.8 Å². The molecule has 0 bridgehead atoms. The van der Waals surface area contributed by atoms with Crippen LogP contribution in [0.15, 0.2) is 29.7 Å². The minimum absolute atomic E-state index is 0.0359. The number of hydrogen-bond donors (Lipinski definition) is 1. The Morgan fingerprint density at radius 3 is 2.67 bits per heavy atom. The smallest absolute Gasteiger partial charge is 0.269 e. The first-order valence-corrected chi connectivity index (χ1v) is 11.9. The highest BCUT2D eigenvalue weighted by molar-refractivity contribution is 6.40. The van der Waals surface area contributed by atoms with Crippen LogP contribution in [0.1, 0.15) is 56.9 Å². The lowest BCUT2D eigenvalue weighted by molar-refractivity contribution is -0.115. The maximum atomic E-state index is 13.0. The molecule has 30 heavy (non-hydrogen) atoms. The summed E-state index contributed by atoms with van der Waals surface area (Å²) in [6.07, 6.45) is 14.7. The first kappa shape index (κ1) is 20.0. The van der Waals surface area contributed by atoms with E-state index < -0.39 is 0 Å². The number of nitrogens with one attached hydrogen (secondary N) is 1. The van der Waals surface area contributed by atoms with Gasteiger partial charge in [0.25, 0.3) is 5.91 Å². The summed E-state index contributed by atoms with van der Waals surface area (Å²) in [6, 6.07) is 3.98. The molecule has 1 N–H and O–H groups in total. The molecule has 3 heterocycles. The van der Waals surface area contributed by atoms with Crippen molar-refractivity contribution in [2.75, 3.05) is 26.2 Å². The number of pyridine rings is 1. The van der Waals surface area contributed by atoms with Gasteiger partial charge < -0.3 is 15.1 Å². The Hall–Kier alpha value is -1.95. The zero-order valence-electron chi connectivity index (χ0n) is 17.9. The van der Waals surface area contributed by atoms with E-state index in [9.17, 15) is 4.79 Å². The van der Waals surface area contributed by atoms with Crippen molar-refractivity contribution in [3.05, 3.63) is 30.1 Å². The van der Waals surface area contributed by atoms with E-state index >= 15 is 0 Å². The number of nitrogens with zero attached hydrogens (tertiary/aromatic N) is 3. The highest BCUT2D eigenvalue weighted by atomic mass is 16.6. The molecule has 162 valence electrons. The second-order valence-corrected chi connectivity index (χ2v) is 9.81. The fourth-order valence-corrected chi connectivity index (χ4v) is 6.35. The van der Waals surface area contributed by atoms with Crippen LogP contribution in [0.2, 0.25) is 0 Å². The number of piperidine rings is 1. The maximum absolute atomic E-state index is 13.0. The minimum Gasteiger partial charge on any atom is -0.391 e. The quantitative estimate of drug-likeness (QED) is 0.782. The fraction of sp³-hybridized carbons (Fsp3) is 0.708. The molecule has 5 rings (SSSR count). The Kier molecular flexibility index (Phi) is 5.77. The second-order valence-electron chi connectivity index (χ2n) is 9.81. The zero-order chi connectivity index (χ0) is 20.4. The summed E-state index contributed by atoms with van der Waals surface area (Å²) in [5, 5.41) is 7.36. The number of rotatable bonds is 6. The third kappa shape index (κ3) is 3.98. The summed E-state index contributed by atoms with van der Waals surface area (Å²) in [6.45, 7) is 4.21. The molecular weight excluding hydrogens is 376 g/mol. The molecule has 2 atom stereocenters. The van der Waals surface area contributed by atoms with Crippen LogP contribution in [0.3, 0.4) is 0 Å². The predicted octanol–water partition coefficient (Wildman–Crippen LogP) is 3.18. The average molecular weight is 411 g/mol. The summed E-state index contributed by atoms with van der Waals surface area (Å²) in [7, 11) is 0. The van der Waals surface area contributed by atoms with E-state index in [4.69, 9.17) is 4.84 Å². The Bertz CT molecular complexity index is 767. The second kappa shape index (κ2) is 8.66. The fourth-order valence-electron chi connectivity index (χ4n) is 6.35. The number of aromatic nitrogens is 1. The number of amides is 1. The van der Waals surface area contributed by atoms with Crippen molar-refractivity contribution in [3.63, 3.8) is 0 Å². The van der Waals surface area contributed by atoms with Gasteiger partial charge in [0.2, 0.25) is 0 Å². The van der Waals surface area contributed by atoms with Gasteiger partial charge in [0.1, 0.15) is 6.10 Å². The Balaban J connectivity index is 1.17.